The van der Waals surface area contributed by atoms with Crippen LogP contribution in [-0.2, 0) is 4.57 Å². The van der Waals surface area contributed by atoms with Gasteiger partial charge in [0.25, 0.3) is 0 Å². The lowest BCUT2D eigenvalue weighted by atomic mass is 10.0. The molecule has 1 aromatic carbocycles. The van der Waals surface area contributed by atoms with E-state index in [1.165, 1.54) is 24.1 Å². The van der Waals surface area contributed by atoms with Crippen molar-refractivity contribution in [1.82, 2.24) is 4.98 Å². The fourth-order valence-electron chi connectivity index (χ4n) is 2.89. The van der Waals surface area contributed by atoms with Crippen LogP contribution in [0, 0.1) is 0 Å². The molecule has 20 heavy (non-hydrogen) atoms. The molecule has 1 heterocycles. The number of rotatable bonds is 3. The standard InChI is InChI=1S/C17H22NOP/c1-11(2)13-7-10-16-14(17(13)20(3,4)19)8-9-15(18-16)12-5-6-12/h7-12H,5-6H2,1-4H3. The average Bonchev–Trinajstić information content (AvgIpc) is 3.19. The highest BCUT2D eigenvalue weighted by Crippen LogP contribution is 2.42. The van der Waals surface area contributed by atoms with Crippen molar-refractivity contribution in [3.05, 3.63) is 35.5 Å². The van der Waals surface area contributed by atoms with Crippen LogP contribution in [-0.4, -0.2) is 18.3 Å². The zero-order valence-corrected chi connectivity index (χ0v) is 13.6. The van der Waals surface area contributed by atoms with Gasteiger partial charge in [-0.25, -0.2) is 0 Å². The molecule has 1 aliphatic rings. The van der Waals surface area contributed by atoms with Gasteiger partial charge in [-0.15, -0.1) is 0 Å². The Hall–Kier alpha value is -1.14. The highest BCUT2D eigenvalue weighted by Gasteiger charge is 2.26. The second-order valence-electron chi connectivity index (χ2n) is 6.59. The fourth-order valence-corrected chi connectivity index (χ4v) is 4.62. The molecule has 0 aliphatic heterocycles. The first-order chi connectivity index (χ1) is 9.38. The average molecular weight is 287 g/mol. The van der Waals surface area contributed by atoms with Crippen LogP contribution in [0.15, 0.2) is 24.3 Å². The van der Waals surface area contributed by atoms with Gasteiger partial charge in [-0.05, 0) is 49.8 Å². The molecule has 1 fully saturated rings. The number of pyridine rings is 1. The van der Waals surface area contributed by atoms with Gasteiger partial charge in [0, 0.05) is 22.3 Å². The Morgan fingerprint density at radius 1 is 1.15 bits per heavy atom. The summed E-state index contributed by atoms with van der Waals surface area (Å²) in [6.45, 7) is 8.05. The highest BCUT2D eigenvalue weighted by atomic mass is 31.2. The molecule has 0 saturated heterocycles. The van der Waals surface area contributed by atoms with Gasteiger partial charge in [-0.1, -0.05) is 26.0 Å². The lowest BCUT2D eigenvalue weighted by molar-refractivity contribution is 0.588. The molecule has 0 atom stereocenters. The summed E-state index contributed by atoms with van der Waals surface area (Å²) < 4.78 is 12.8. The number of hydrogen-bond acceptors (Lipinski definition) is 2. The predicted octanol–water partition coefficient (Wildman–Crippen LogP) is 4.48. The molecule has 0 spiro atoms. The first kappa shape index (κ1) is 13.8. The molecular formula is C17H22NOP. The third-order valence-electron chi connectivity index (χ3n) is 4.05. The lowest BCUT2D eigenvalue weighted by Gasteiger charge is -2.19. The summed E-state index contributed by atoms with van der Waals surface area (Å²) in [5, 5.41) is 2.11. The third-order valence-corrected chi connectivity index (χ3v) is 5.63. The fraction of sp³-hybridized carbons (Fsp3) is 0.471. The molecule has 1 saturated carbocycles. The molecule has 0 unspecified atom stereocenters. The van der Waals surface area contributed by atoms with E-state index >= 15 is 0 Å². The molecule has 2 nitrogen and oxygen atoms in total. The Kier molecular flexibility index (Phi) is 3.25. The van der Waals surface area contributed by atoms with Crippen molar-refractivity contribution < 1.29 is 4.57 Å². The maximum atomic E-state index is 12.8. The number of hydrogen-bond donors (Lipinski definition) is 0. The monoisotopic (exact) mass is 287 g/mol. The van der Waals surface area contributed by atoms with Crippen molar-refractivity contribution in [2.24, 2.45) is 0 Å². The van der Waals surface area contributed by atoms with Gasteiger partial charge in [0.15, 0.2) is 0 Å². The van der Waals surface area contributed by atoms with Crippen molar-refractivity contribution in [3.63, 3.8) is 0 Å². The van der Waals surface area contributed by atoms with E-state index in [-0.39, 0.29) is 0 Å². The molecule has 0 N–H and O–H groups in total. The Morgan fingerprint density at radius 3 is 2.40 bits per heavy atom. The third kappa shape index (κ3) is 2.42. The van der Waals surface area contributed by atoms with Gasteiger partial charge < -0.3 is 4.57 Å². The summed E-state index contributed by atoms with van der Waals surface area (Å²) >= 11 is 0. The lowest BCUT2D eigenvalue weighted by Crippen LogP contribution is -2.14. The minimum absolute atomic E-state index is 0.380. The van der Waals surface area contributed by atoms with Gasteiger partial charge in [-0.2, -0.15) is 0 Å². The van der Waals surface area contributed by atoms with Crippen LogP contribution in [0.1, 0.15) is 49.8 Å². The van der Waals surface area contributed by atoms with E-state index in [2.05, 4.69) is 38.1 Å². The first-order valence-electron chi connectivity index (χ1n) is 7.37. The minimum Gasteiger partial charge on any atom is -0.319 e. The van der Waals surface area contributed by atoms with Gasteiger partial charge in [0.2, 0.25) is 0 Å². The van der Waals surface area contributed by atoms with Crippen molar-refractivity contribution in [2.45, 2.75) is 38.5 Å². The largest absolute Gasteiger partial charge is 0.319 e. The van der Waals surface area contributed by atoms with E-state index in [1.54, 1.807) is 0 Å². The second-order valence-corrected chi connectivity index (χ2v) is 9.73. The second kappa shape index (κ2) is 4.70. The summed E-state index contributed by atoms with van der Waals surface area (Å²) in [5.41, 5.74) is 3.40. The molecule has 3 heteroatoms. The minimum atomic E-state index is -2.32. The van der Waals surface area contributed by atoms with Crippen LogP contribution in [0.4, 0.5) is 0 Å². The summed E-state index contributed by atoms with van der Waals surface area (Å²) in [7, 11) is -2.32. The maximum absolute atomic E-state index is 12.8. The van der Waals surface area contributed by atoms with Crippen LogP contribution < -0.4 is 5.30 Å². The zero-order valence-electron chi connectivity index (χ0n) is 12.7. The molecule has 2 aromatic rings. The van der Waals surface area contributed by atoms with Gasteiger partial charge in [0.05, 0.1) is 5.52 Å². The molecule has 3 rings (SSSR count). The Labute approximate surface area is 121 Å². The van der Waals surface area contributed by atoms with Gasteiger partial charge in [-0.3, -0.25) is 4.98 Å². The maximum Gasteiger partial charge on any atom is 0.110 e. The first-order valence-corrected chi connectivity index (χ1v) is 9.97. The van der Waals surface area contributed by atoms with E-state index in [1.807, 2.05) is 13.3 Å². The normalized spacial score (nSPS) is 16.1. The number of fused-ring (bicyclic) bond motifs is 1. The Morgan fingerprint density at radius 2 is 1.85 bits per heavy atom. The molecular weight excluding hydrogens is 265 g/mol. The topological polar surface area (TPSA) is 30.0 Å². The SMILES string of the molecule is CC(C)c1ccc2nc(C3CC3)ccc2c1P(C)(C)=O. The number of nitrogens with zero attached hydrogens (tertiary/aromatic N) is 1. The predicted molar refractivity (Wildman–Crippen MR) is 86.9 cm³/mol. The Bertz CT molecular complexity index is 710. The molecule has 1 aromatic heterocycles. The summed E-state index contributed by atoms with van der Waals surface area (Å²) in [4.78, 5) is 4.79. The van der Waals surface area contributed by atoms with E-state index in [0.717, 1.165) is 16.2 Å². The van der Waals surface area contributed by atoms with Crippen molar-refractivity contribution in [1.29, 1.82) is 0 Å². The molecule has 0 bridgehead atoms. The van der Waals surface area contributed by atoms with Crippen LogP contribution >= 0.6 is 7.14 Å². The molecule has 0 amide bonds. The van der Waals surface area contributed by atoms with Crippen LogP contribution in [0.2, 0.25) is 0 Å². The molecule has 0 radical (unpaired) electrons. The van der Waals surface area contributed by atoms with Crippen LogP contribution in [0.3, 0.4) is 0 Å². The van der Waals surface area contributed by atoms with E-state index in [4.69, 9.17) is 4.98 Å². The van der Waals surface area contributed by atoms with E-state index < -0.39 is 7.14 Å². The zero-order chi connectivity index (χ0) is 14.5. The number of aromatic nitrogens is 1. The highest BCUT2D eigenvalue weighted by molar-refractivity contribution is 7.70. The smallest absolute Gasteiger partial charge is 0.110 e. The van der Waals surface area contributed by atoms with Gasteiger partial charge >= 0.3 is 0 Å². The summed E-state index contributed by atoms with van der Waals surface area (Å²) in [6, 6.07) is 8.47. The van der Waals surface area contributed by atoms with Crippen molar-refractivity contribution in [2.75, 3.05) is 13.3 Å². The van der Waals surface area contributed by atoms with Crippen molar-refractivity contribution >= 4 is 23.3 Å². The van der Waals surface area contributed by atoms with Crippen LogP contribution in [0.5, 0.6) is 0 Å². The molecule has 106 valence electrons. The van der Waals surface area contributed by atoms with Crippen LogP contribution in [0.25, 0.3) is 10.9 Å². The quantitative estimate of drug-likeness (QED) is 0.779. The van der Waals surface area contributed by atoms with Gasteiger partial charge in [0.1, 0.15) is 7.14 Å². The summed E-state index contributed by atoms with van der Waals surface area (Å²) in [6.07, 6.45) is 2.52. The van der Waals surface area contributed by atoms with E-state index in [9.17, 15) is 4.57 Å². The van der Waals surface area contributed by atoms with E-state index in [0.29, 0.717) is 11.8 Å². The Balaban J connectivity index is 2.28. The number of benzene rings is 1. The molecule has 1 aliphatic carbocycles. The summed E-state index contributed by atoms with van der Waals surface area (Å²) in [5.74, 6) is 1.04. The van der Waals surface area contributed by atoms with Crippen molar-refractivity contribution in [3.8, 4) is 0 Å².